The molecule has 1 atom stereocenters. The maximum atomic E-state index is 12.3. The van der Waals surface area contributed by atoms with E-state index < -0.39 is 37.2 Å². The van der Waals surface area contributed by atoms with Gasteiger partial charge < -0.3 is 10.4 Å². The molecule has 0 fully saturated rings. The van der Waals surface area contributed by atoms with Crippen molar-refractivity contribution in [2.24, 2.45) is 5.92 Å². The van der Waals surface area contributed by atoms with E-state index in [1.165, 1.54) is 6.92 Å². The average molecular weight is 284 g/mol. The van der Waals surface area contributed by atoms with E-state index in [-0.39, 0.29) is 5.92 Å². The minimum Gasteiger partial charge on any atom is -0.480 e. The lowest BCUT2D eigenvalue weighted by Gasteiger charge is -2.27. The number of nitrogens with one attached hydrogen (secondary N) is 1. The first-order chi connectivity index (χ1) is 8.53. The van der Waals surface area contributed by atoms with Crippen LogP contribution >= 0.6 is 0 Å². The van der Waals surface area contributed by atoms with Crippen LogP contribution in [0.2, 0.25) is 0 Å². The highest BCUT2D eigenvalue weighted by Gasteiger charge is 2.35. The quantitative estimate of drug-likeness (QED) is 0.734. The van der Waals surface area contributed by atoms with E-state index >= 15 is 0 Å². The number of rotatable bonds is 7. The molecule has 0 aromatic carbocycles. The van der Waals surface area contributed by atoms with Gasteiger partial charge in [-0.15, -0.1) is 0 Å². The van der Waals surface area contributed by atoms with Crippen molar-refractivity contribution in [3.63, 3.8) is 0 Å². The second-order valence-corrected chi connectivity index (χ2v) is 4.73. The largest absolute Gasteiger partial charge is 0.480 e. The summed E-state index contributed by atoms with van der Waals surface area (Å²) in [6, 6.07) is -1.16. The van der Waals surface area contributed by atoms with Crippen LogP contribution in [0, 0.1) is 5.92 Å². The highest BCUT2D eigenvalue weighted by atomic mass is 19.4. The number of carboxylic acids is 1. The van der Waals surface area contributed by atoms with Crippen LogP contribution in [0.25, 0.3) is 0 Å². The highest BCUT2D eigenvalue weighted by molar-refractivity contribution is 5.82. The van der Waals surface area contributed by atoms with Crippen molar-refractivity contribution >= 4 is 11.9 Å². The fraction of sp³-hybridized carbons (Fsp3) is 0.818. The zero-order chi connectivity index (χ0) is 15.2. The van der Waals surface area contributed by atoms with Gasteiger partial charge in [-0.2, -0.15) is 13.2 Å². The summed E-state index contributed by atoms with van der Waals surface area (Å²) in [4.78, 5) is 22.8. The topological polar surface area (TPSA) is 69.6 Å². The fourth-order valence-corrected chi connectivity index (χ4v) is 1.35. The summed E-state index contributed by atoms with van der Waals surface area (Å²) in [7, 11) is 0. The first-order valence-electron chi connectivity index (χ1n) is 5.83. The van der Waals surface area contributed by atoms with E-state index in [0.717, 1.165) is 0 Å². The van der Waals surface area contributed by atoms with Crippen LogP contribution in [0.5, 0.6) is 0 Å². The Bertz CT molecular complexity index is 319. The van der Waals surface area contributed by atoms with E-state index in [2.05, 4.69) is 5.32 Å². The van der Waals surface area contributed by atoms with Gasteiger partial charge in [-0.3, -0.25) is 14.5 Å². The number of carbonyl (C=O) groups is 2. The predicted molar refractivity (Wildman–Crippen MR) is 62.6 cm³/mol. The number of aliphatic carboxylic acids is 1. The van der Waals surface area contributed by atoms with Crippen molar-refractivity contribution < 1.29 is 27.9 Å². The van der Waals surface area contributed by atoms with Crippen LogP contribution in [-0.4, -0.2) is 53.7 Å². The van der Waals surface area contributed by atoms with Gasteiger partial charge in [-0.1, -0.05) is 13.8 Å². The Kier molecular flexibility index (Phi) is 6.82. The molecule has 5 nitrogen and oxygen atoms in total. The molecule has 1 amide bonds. The van der Waals surface area contributed by atoms with Gasteiger partial charge in [-0.05, 0) is 12.8 Å². The second kappa shape index (κ2) is 7.32. The Morgan fingerprint density at radius 3 is 2.16 bits per heavy atom. The van der Waals surface area contributed by atoms with Gasteiger partial charge in [0.05, 0.1) is 19.1 Å². The molecule has 112 valence electrons. The van der Waals surface area contributed by atoms with Crippen LogP contribution < -0.4 is 5.32 Å². The maximum Gasteiger partial charge on any atom is 0.401 e. The molecule has 0 spiro atoms. The Labute approximate surface area is 109 Å². The summed E-state index contributed by atoms with van der Waals surface area (Å²) in [5.74, 6) is -1.86. The Hall–Kier alpha value is -1.31. The van der Waals surface area contributed by atoms with E-state index in [9.17, 15) is 22.8 Å². The van der Waals surface area contributed by atoms with Crippen molar-refractivity contribution in [1.82, 2.24) is 10.2 Å². The molecule has 0 bridgehead atoms. The van der Waals surface area contributed by atoms with Gasteiger partial charge in [0.15, 0.2) is 0 Å². The molecule has 1 unspecified atom stereocenters. The molecule has 0 aromatic rings. The van der Waals surface area contributed by atoms with Gasteiger partial charge in [0.2, 0.25) is 5.91 Å². The molecule has 0 saturated carbocycles. The number of amides is 1. The van der Waals surface area contributed by atoms with Crippen LogP contribution in [0.3, 0.4) is 0 Å². The van der Waals surface area contributed by atoms with Gasteiger partial charge >= 0.3 is 12.1 Å². The van der Waals surface area contributed by atoms with Crippen LogP contribution in [0.1, 0.15) is 20.8 Å². The summed E-state index contributed by atoms with van der Waals surface area (Å²) in [6.45, 7) is 3.00. The zero-order valence-electron chi connectivity index (χ0n) is 11.1. The third-order valence-corrected chi connectivity index (χ3v) is 2.33. The Morgan fingerprint density at radius 1 is 1.26 bits per heavy atom. The van der Waals surface area contributed by atoms with E-state index in [0.29, 0.717) is 11.4 Å². The minimum absolute atomic E-state index is 0.159. The van der Waals surface area contributed by atoms with Crippen molar-refractivity contribution in [2.45, 2.75) is 33.0 Å². The van der Waals surface area contributed by atoms with Gasteiger partial charge in [0, 0.05) is 6.54 Å². The molecular weight excluding hydrogens is 265 g/mol. The summed E-state index contributed by atoms with van der Waals surface area (Å²) < 4.78 is 37.0. The first kappa shape index (κ1) is 17.7. The standard InChI is InChI=1S/C11H19F3N2O3/c1-7(2)4-15-10(19)8(3)16(5-9(17)18)6-11(12,13)14/h7-8H,4-6H2,1-3H3,(H,15,19)(H,17,18). The van der Waals surface area contributed by atoms with E-state index in [1.807, 2.05) is 13.8 Å². The third-order valence-electron chi connectivity index (χ3n) is 2.33. The van der Waals surface area contributed by atoms with Crippen molar-refractivity contribution in [1.29, 1.82) is 0 Å². The minimum atomic E-state index is -4.55. The molecular formula is C11H19F3N2O3. The molecule has 0 aromatic heterocycles. The summed E-state index contributed by atoms with van der Waals surface area (Å²) in [5, 5.41) is 11.1. The molecule has 0 aliphatic carbocycles. The molecule has 0 aliphatic heterocycles. The number of carbonyl (C=O) groups excluding carboxylic acids is 1. The van der Waals surface area contributed by atoms with E-state index in [4.69, 9.17) is 5.11 Å². The number of nitrogens with zero attached hydrogens (tertiary/aromatic N) is 1. The van der Waals surface area contributed by atoms with Crippen molar-refractivity contribution in [3.05, 3.63) is 0 Å². The molecule has 0 aliphatic rings. The van der Waals surface area contributed by atoms with Crippen molar-refractivity contribution in [2.75, 3.05) is 19.6 Å². The summed E-state index contributed by atoms with van der Waals surface area (Å²) in [5.41, 5.74) is 0. The lowest BCUT2D eigenvalue weighted by molar-refractivity contribution is -0.160. The van der Waals surface area contributed by atoms with Crippen LogP contribution in [-0.2, 0) is 9.59 Å². The molecule has 0 heterocycles. The molecule has 2 N–H and O–H groups in total. The molecule has 19 heavy (non-hydrogen) atoms. The Morgan fingerprint density at radius 2 is 1.79 bits per heavy atom. The lowest BCUT2D eigenvalue weighted by Crippen LogP contribution is -2.50. The third kappa shape index (κ3) is 8.41. The number of halogens is 3. The van der Waals surface area contributed by atoms with Crippen LogP contribution in [0.4, 0.5) is 13.2 Å². The SMILES string of the molecule is CC(C)CNC(=O)C(C)N(CC(=O)O)CC(F)(F)F. The lowest BCUT2D eigenvalue weighted by atomic mass is 10.2. The number of hydrogen-bond acceptors (Lipinski definition) is 3. The van der Waals surface area contributed by atoms with Crippen LogP contribution in [0.15, 0.2) is 0 Å². The second-order valence-electron chi connectivity index (χ2n) is 4.73. The summed E-state index contributed by atoms with van der Waals surface area (Å²) in [6.07, 6.45) is -4.55. The maximum absolute atomic E-state index is 12.3. The zero-order valence-corrected chi connectivity index (χ0v) is 11.1. The number of alkyl halides is 3. The highest BCUT2D eigenvalue weighted by Crippen LogP contribution is 2.18. The van der Waals surface area contributed by atoms with Gasteiger partial charge in [0.25, 0.3) is 0 Å². The molecule has 0 radical (unpaired) electrons. The molecule has 8 heteroatoms. The summed E-state index contributed by atoms with van der Waals surface area (Å²) >= 11 is 0. The van der Waals surface area contributed by atoms with Crippen molar-refractivity contribution in [3.8, 4) is 0 Å². The predicted octanol–water partition coefficient (Wildman–Crippen LogP) is 1.10. The molecule has 0 saturated heterocycles. The van der Waals surface area contributed by atoms with Gasteiger partial charge in [0.1, 0.15) is 0 Å². The monoisotopic (exact) mass is 284 g/mol. The van der Waals surface area contributed by atoms with E-state index in [1.54, 1.807) is 0 Å². The number of hydrogen-bond donors (Lipinski definition) is 2. The average Bonchev–Trinajstić information content (AvgIpc) is 2.21. The Balaban J connectivity index is 4.65. The fourth-order valence-electron chi connectivity index (χ4n) is 1.35. The smallest absolute Gasteiger partial charge is 0.401 e. The molecule has 0 rings (SSSR count). The van der Waals surface area contributed by atoms with Gasteiger partial charge in [-0.25, -0.2) is 0 Å². The number of carboxylic acid groups (broad SMARTS) is 1. The normalized spacial score (nSPS) is 13.7. The first-order valence-corrected chi connectivity index (χ1v) is 5.83.